The molecule has 0 amide bonds. The molecule has 2 aliphatic carbocycles. The summed E-state index contributed by atoms with van der Waals surface area (Å²) in [4.78, 5) is 30.4. The average Bonchev–Trinajstić information content (AvgIpc) is 1.54. The summed E-state index contributed by atoms with van der Waals surface area (Å²) in [7, 11) is 0. The van der Waals surface area contributed by atoms with Gasteiger partial charge in [-0.3, -0.25) is 4.57 Å². The topological polar surface area (TPSA) is 87.2 Å². The Balaban J connectivity index is 0.000000130. The number of nitrogens with zero attached hydrogens (tertiary/aromatic N) is 8. The van der Waals surface area contributed by atoms with E-state index in [1.165, 1.54) is 139 Å². The molecule has 8 nitrogen and oxygen atoms in total. The predicted octanol–water partition coefficient (Wildman–Crippen LogP) is 24.6. The van der Waals surface area contributed by atoms with Gasteiger partial charge in [0.25, 0.3) is 0 Å². The van der Waals surface area contributed by atoms with E-state index < -0.39 is 0 Å². The van der Waals surface area contributed by atoms with Crippen molar-refractivity contribution in [1.29, 1.82) is 0 Å². The minimum atomic E-state index is 0.609. The van der Waals surface area contributed by atoms with Gasteiger partial charge >= 0.3 is 0 Å². The number of benzene rings is 15. The summed E-state index contributed by atoms with van der Waals surface area (Å²) in [5.41, 5.74) is 20.5. The van der Waals surface area contributed by atoms with Gasteiger partial charge in [0.15, 0.2) is 29.1 Å². The van der Waals surface area contributed by atoms with Gasteiger partial charge in [-0.05, 0) is 139 Å². The molecule has 21 aromatic rings. The summed E-state index contributed by atoms with van der Waals surface area (Å²) >= 11 is 3.75. The quantitative estimate of drug-likeness (QED) is 0.158. The Morgan fingerprint density at radius 1 is 0.206 bits per heavy atom. The maximum Gasteiger partial charge on any atom is 0.238 e. The average molecular weight is 1330 g/mol. The molecule has 0 saturated carbocycles. The molecule has 102 heavy (non-hydrogen) atoms. The van der Waals surface area contributed by atoms with Gasteiger partial charge in [0.1, 0.15) is 0 Å². The first-order valence-electron chi connectivity index (χ1n) is 34.3. The first kappa shape index (κ1) is 56.9. The third-order valence-corrected chi connectivity index (χ3v) is 23.0. The second-order valence-electron chi connectivity index (χ2n) is 26.4. The molecule has 0 saturated heterocycles. The molecule has 10 heteroatoms. The van der Waals surface area contributed by atoms with Gasteiger partial charge in [-0.1, -0.05) is 243 Å². The summed E-state index contributed by atoms with van der Waals surface area (Å²) in [6.07, 6.45) is 0. The van der Waals surface area contributed by atoms with Crippen LogP contribution in [0.1, 0.15) is 0 Å². The lowest BCUT2D eigenvalue weighted by molar-refractivity contribution is 0.953. The fourth-order valence-electron chi connectivity index (χ4n) is 16.3. The molecular weight excluding hydrogens is 1280 g/mol. The van der Waals surface area contributed by atoms with Crippen molar-refractivity contribution in [2.75, 3.05) is 0 Å². The van der Waals surface area contributed by atoms with Crippen LogP contribution in [0, 0.1) is 0 Å². The molecule has 6 aromatic heterocycles. The minimum Gasteiger partial charge on any atom is -0.309 e. The van der Waals surface area contributed by atoms with E-state index in [1.54, 1.807) is 0 Å². The second kappa shape index (κ2) is 22.2. The van der Waals surface area contributed by atoms with Crippen molar-refractivity contribution in [3.8, 4) is 113 Å². The molecule has 0 N–H and O–H groups in total. The van der Waals surface area contributed by atoms with Crippen molar-refractivity contribution in [3.63, 3.8) is 0 Å². The fourth-order valence-corrected chi connectivity index (χ4v) is 18.6. The molecule has 0 unspecified atom stereocenters. The highest BCUT2D eigenvalue weighted by Gasteiger charge is 2.30. The summed E-state index contributed by atoms with van der Waals surface area (Å²) in [5, 5.41) is 15.4. The monoisotopic (exact) mass is 1330 g/mol. The highest BCUT2D eigenvalue weighted by atomic mass is 32.1. The fraction of sp³-hybridized carbons (Fsp3) is 0. The molecule has 2 aliphatic rings. The molecule has 0 radical (unpaired) electrons. The van der Waals surface area contributed by atoms with Crippen LogP contribution < -0.4 is 0 Å². The third kappa shape index (κ3) is 8.61. The zero-order valence-corrected chi connectivity index (χ0v) is 56.0. The van der Waals surface area contributed by atoms with Gasteiger partial charge < -0.3 is 4.57 Å². The Hall–Kier alpha value is -13.1. The first-order valence-corrected chi connectivity index (χ1v) is 36.0. The van der Waals surface area contributed by atoms with Gasteiger partial charge in [0.05, 0.1) is 22.1 Å². The lowest BCUT2D eigenvalue weighted by Crippen LogP contribution is -2.06. The van der Waals surface area contributed by atoms with Gasteiger partial charge in [-0.2, -0.15) is 9.97 Å². The highest BCUT2D eigenvalue weighted by Crippen LogP contribution is 2.54. The lowest BCUT2D eigenvalue weighted by Gasteiger charge is -2.15. The van der Waals surface area contributed by atoms with Crippen molar-refractivity contribution in [3.05, 3.63) is 315 Å². The number of hydrogen-bond donors (Lipinski definition) is 0. The number of hydrogen-bond acceptors (Lipinski definition) is 8. The van der Waals surface area contributed by atoms with E-state index in [-0.39, 0.29) is 0 Å². The zero-order chi connectivity index (χ0) is 66.7. The zero-order valence-electron chi connectivity index (χ0n) is 54.4. The van der Waals surface area contributed by atoms with Crippen LogP contribution in [-0.4, -0.2) is 39.0 Å². The molecule has 472 valence electrons. The van der Waals surface area contributed by atoms with Crippen molar-refractivity contribution >= 4 is 128 Å². The molecule has 6 heterocycles. The molecule has 0 fully saturated rings. The summed E-state index contributed by atoms with van der Waals surface area (Å²) < 4.78 is 9.93. The van der Waals surface area contributed by atoms with Crippen LogP contribution in [0.15, 0.2) is 315 Å². The van der Waals surface area contributed by atoms with Crippen LogP contribution in [0.4, 0.5) is 0 Å². The van der Waals surface area contributed by atoms with Crippen molar-refractivity contribution in [2.24, 2.45) is 0 Å². The number of aromatic nitrogens is 8. The Kier molecular flexibility index (Phi) is 12.4. The Morgan fingerprint density at radius 3 is 1.03 bits per heavy atom. The van der Waals surface area contributed by atoms with E-state index >= 15 is 0 Å². The van der Waals surface area contributed by atoms with Crippen LogP contribution >= 0.6 is 22.7 Å². The highest BCUT2D eigenvalue weighted by molar-refractivity contribution is 7.26. The maximum atomic E-state index is 5.17. The molecule has 0 bridgehead atoms. The van der Waals surface area contributed by atoms with Gasteiger partial charge in [0.2, 0.25) is 5.95 Å². The summed E-state index contributed by atoms with van der Waals surface area (Å²) in [6.45, 7) is 0. The summed E-state index contributed by atoms with van der Waals surface area (Å²) in [5.74, 6) is 3.85. The molecule has 0 aliphatic heterocycles. The maximum absolute atomic E-state index is 5.17. The second-order valence-corrected chi connectivity index (χ2v) is 28.6. The Labute approximate surface area is 591 Å². The van der Waals surface area contributed by atoms with Crippen LogP contribution in [0.25, 0.3) is 219 Å². The number of fused-ring (bicyclic) bond motifs is 12. The standard InChI is InChI=1S/C49H28N4S.C43H24N4S/c1-3-12-30(13-4-1)47-50-48(31-14-5-2-6-15-31)52-49(51-47)32-17-9-18-33(26-32)53-40-22-11-21-36-38-28-43-39(34-19-7-8-23-42(34)54-43)27-37(38)35-20-10-16-29-24-25-41(53)46(44(29)35)45(36)40;1-3-11-26(12-4-1)41-44-42(27-13-5-2-6-14-27)46-43(45-41)47-34-19-10-18-30-32-24-37-33(28-16-7-8-20-36(28)48-37)23-31(32)29-17-9-15-25-21-22-35(47)40(38(25)29)39(30)34/h1-28H;1-24H. The summed E-state index contributed by atoms with van der Waals surface area (Å²) in [6, 6.07) is 113. The minimum absolute atomic E-state index is 0.609. The van der Waals surface area contributed by atoms with Crippen molar-refractivity contribution in [1.82, 2.24) is 39.0 Å². The smallest absolute Gasteiger partial charge is 0.238 e. The van der Waals surface area contributed by atoms with Crippen molar-refractivity contribution < 1.29 is 0 Å². The predicted molar refractivity (Wildman–Crippen MR) is 425 cm³/mol. The molecule has 0 spiro atoms. The largest absolute Gasteiger partial charge is 0.309 e. The van der Waals surface area contributed by atoms with Gasteiger partial charge in [0, 0.05) is 95.4 Å². The Bertz CT molecular complexity index is 7000. The van der Waals surface area contributed by atoms with Crippen molar-refractivity contribution in [2.45, 2.75) is 0 Å². The number of thiophene rings is 2. The number of rotatable bonds is 7. The first-order chi connectivity index (χ1) is 50.6. The van der Waals surface area contributed by atoms with E-state index in [4.69, 9.17) is 29.9 Å². The molecule has 15 aromatic carbocycles. The SMILES string of the molecule is c1ccc(-c2nc(-c3ccccc3)nc(-c3cccc(-n4c5cccc6c5c5c7c(cccc7ccc54)-c4cc5c(cc4-6)sc4ccccc45)c3)n2)cc1.c1ccc(-c2nc(-c3ccccc3)nc(-n3c4cccc5c4c4c6c(cccc6ccc43)-c3cc4c(cc3-5)sc3ccccc34)n2)cc1. The normalized spacial score (nSPS) is 12.1. The van der Waals surface area contributed by atoms with E-state index in [2.05, 4.69) is 228 Å². The van der Waals surface area contributed by atoms with E-state index in [0.29, 0.717) is 35.1 Å². The molecular formula is C92H52N8S2. The van der Waals surface area contributed by atoms with Gasteiger partial charge in [-0.25, -0.2) is 19.9 Å². The lowest BCUT2D eigenvalue weighted by atomic mass is 9.92. The van der Waals surface area contributed by atoms with Crippen LogP contribution in [0.2, 0.25) is 0 Å². The van der Waals surface area contributed by atoms with E-state index in [0.717, 1.165) is 44.5 Å². The van der Waals surface area contributed by atoms with E-state index in [9.17, 15) is 0 Å². The van der Waals surface area contributed by atoms with Crippen LogP contribution in [0.5, 0.6) is 0 Å². The van der Waals surface area contributed by atoms with Crippen LogP contribution in [0.3, 0.4) is 0 Å². The van der Waals surface area contributed by atoms with E-state index in [1.807, 2.05) is 120 Å². The van der Waals surface area contributed by atoms with Gasteiger partial charge in [-0.15, -0.1) is 22.7 Å². The molecule has 23 rings (SSSR count). The molecule has 0 atom stereocenters. The Morgan fingerprint density at radius 2 is 0.559 bits per heavy atom. The van der Waals surface area contributed by atoms with Crippen LogP contribution in [-0.2, 0) is 0 Å². The third-order valence-electron chi connectivity index (χ3n) is 20.7.